The Morgan fingerprint density at radius 1 is 0.356 bits per heavy atom. The van der Waals surface area contributed by atoms with Crippen molar-refractivity contribution in [2.24, 2.45) is 0 Å². The van der Waals surface area contributed by atoms with Crippen LogP contribution < -0.4 is 0 Å². The summed E-state index contributed by atoms with van der Waals surface area (Å²) in [5.41, 5.74) is 5.36. The molecule has 0 N–H and O–H groups in total. The summed E-state index contributed by atoms with van der Waals surface area (Å²) in [5, 5.41) is 7.24. The predicted octanol–water partition coefficient (Wildman–Crippen LogP) is 11.2. The second-order valence-corrected chi connectivity index (χ2v) is 12.3. The zero-order chi connectivity index (χ0) is 29.7. The zero-order valence-electron chi connectivity index (χ0n) is 24.2. The third kappa shape index (κ3) is 4.46. The molecule has 0 aliphatic rings. The van der Waals surface area contributed by atoms with Gasteiger partial charge in [-0.3, -0.25) is 0 Å². The number of thiophene rings is 1. The van der Waals surface area contributed by atoms with Crippen molar-refractivity contribution >= 4 is 53.1 Å². The van der Waals surface area contributed by atoms with Crippen molar-refractivity contribution in [1.82, 2.24) is 15.0 Å². The lowest BCUT2D eigenvalue weighted by atomic mass is 9.95. The molecular formula is C41H25N3S. The molecular weight excluding hydrogens is 567 g/mol. The Morgan fingerprint density at radius 2 is 1.00 bits per heavy atom. The molecule has 0 radical (unpaired) electrons. The van der Waals surface area contributed by atoms with Gasteiger partial charge in [-0.15, -0.1) is 11.3 Å². The highest BCUT2D eigenvalue weighted by Gasteiger charge is 2.17. The molecule has 3 nitrogen and oxygen atoms in total. The summed E-state index contributed by atoms with van der Waals surface area (Å²) >= 11 is 1.80. The number of rotatable bonds is 4. The fourth-order valence-corrected chi connectivity index (χ4v) is 7.47. The molecule has 9 aromatic rings. The summed E-state index contributed by atoms with van der Waals surface area (Å²) in [5.74, 6) is 2.00. The van der Waals surface area contributed by atoms with Crippen LogP contribution in [0.1, 0.15) is 0 Å². The van der Waals surface area contributed by atoms with E-state index in [1.165, 1.54) is 47.5 Å². The average molecular weight is 592 g/mol. The van der Waals surface area contributed by atoms with Crippen LogP contribution in [0.2, 0.25) is 0 Å². The van der Waals surface area contributed by atoms with Gasteiger partial charge in [0.15, 0.2) is 17.5 Å². The smallest absolute Gasteiger partial charge is 0.164 e. The maximum atomic E-state index is 5.14. The number of hydrogen-bond donors (Lipinski definition) is 0. The van der Waals surface area contributed by atoms with Crippen LogP contribution in [-0.2, 0) is 0 Å². The summed E-state index contributed by atoms with van der Waals surface area (Å²) < 4.78 is 2.48. The van der Waals surface area contributed by atoms with Crippen LogP contribution in [0.5, 0.6) is 0 Å². The van der Waals surface area contributed by atoms with E-state index in [0.717, 1.165) is 22.1 Å². The number of hydrogen-bond acceptors (Lipinski definition) is 4. The fourth-order valence-electron chi connectivity index (χ4n) is 6.33. The maximum Gasteiger partial charge on any atom is 0.164 e. The zero-order valence-corrected chi connectivity index (χ0v) is 25.0. The monoisotopic (exact) mass is 591 g/mol. The average Bonchev–Trinajstić information content (AvgIpc) is 3.50. The van der Waals surface area contributed by atoms with Gasteiger partial charge in [-0.2, -0.15) is 0 Å². The number of benzene rings is 7. The SMILES string of the molecule is c1ccc(-c2nc(-c3ccc4c(-c5ccc6ccccc6c5)cccc4c3)nc(-c3cccc4sc5ccccc5c34)n2)cc1. The van der Waals surface area contributed by atoms with Gasteiger partial charge in [0.05, 0.1) is 0 Å². The molecule has 210 valence electrons. The van der Waals surface area contributed by atoms with Gasteiger partial charge in [0.25, 0.3) is 0 Å². The minimum Gasteiger partial charge on any atom is -0.208 e. The number of aromatic nitrogens is 3. The lowest BCUT2D eigenvalue weighted by Gasteiger charge is -2.12. The van der Waals surface area contributed by atoms with E-state index in [4.69, 9.17) is 15.0 Å². The molecule has 45 heavy (non-hydrogen) atoms. The highest BCUT2D eigenvalue weighted by atomic mass is 32.1. The van der Waals surface area contributed by atoms with Crippen molar-refractivity contribution in [3.05, 3.63) is 152 Å². The molecule has 0 saturated heterocycles. The van der Waals surface area contributed by atoms with Gasteiger partial charge < -0.3 is 0 Å². The lowest BCUT2D eigenvalue weighted by molar-refractivity contribution is 1.08. The molecule has 0 bridgehead atoms. The Morgan fingerprint density at radius 3 is 1.91 bits per heavy atom. The highest BCUT2D eigenvalue weighted by Crippen LogP contribution is 2.40. The standard InChI is InChI=1S/C41H25N3S/c1-2-11-27(12-3-1)39-42-40(44-41(43-39)35-17-9-19-37-38(35)34-15-6-7-18-36(34)45-37)31-22-23-33-29(25-31)14-8-16-32(33)30-21-20-26-10-4-5-13-28(26)24-30/h1-25H. The highest BCUT2D eigenvalue weighted by molar-refractivity contribution is 7.25. The number of fused-ring (bicyclic) bond motifs is 5. The van der Waals surface area contributed by atoms with Crippen molar-refractivity contribution in [3.63, 3.8) is 0 Å². The van der Waals surface area contributed by atoms with Gasteiger partial charge in [0.1, 0.15) is 0 Å². The van der Waals surface area contributed by atoms with E-state index in [1.54, 1.807) is 11.3 Å². The third-order valence-corrected chi connectivity index (χ3v) is 9.65. The van der Waals surface area contributed by atoms with Crippen molar-refractivity contribution in [3.8, 4) is 45.3 Å². The van der Waals surface area contributed by atoms with Crippen LogP contribution in [0.15, 0.2) is 152 Å². The molecule has 0 unspecified atom stereocenters. The molecule has 7 aromatic carbocycles. The summed E-state index contributed by atoms with van der Waals surface area (Å²) in [7, 11) is 0. The van der Waals surface area contributed by atoms with Crippen molar-refractivity contribution in [2.45, 2.75) is 0 Å². The van der Waals surface area contributed by atoms with E-state index >= 15 is 0 Å². The Kier molecular flexibility index (Phi) is 6.00. The van der Waals surface area contributed by atoms with Crippen LogP contribution in [0.3, 0.4) is 0 Å². The second-order valence-electron chi connectivity index (χ2n) is 11.3. The second kappa shape index (κ2) is 10.5. The van der Waals surface area contributed by atoms with Gasteiger partial charge in [-0.25, -0.2) is 15.0 Å². The molecule has 0 aliphatic carbocycles. The minimum atomic E-state index is 0.661. The Bertz CT molecular complexity index is 2550. The maximum absolute atomic E-state index is 5.14. The van der Waals surface area contributed by atoms with Gasteiger partial charge in [-0.1, -0.05) is 127 Å². The molecule has 0 fully saturated rings. The van der Waals surface area contributed by atoms with E-state index in [2.05, 4.69) is 133 Å². The Balaban J connectivity index is 1.23. The third-order valence-electron chi connectivity index (χ3n) is 8.51. The predicted molar refractivity (Wildman–Crippen MR) is 189 cm³/mol. The molecule has 0 amide bonds. The molecule has 0 saturated carbocycles. The topological polar surface area (TPSA) is 38.7 Å². The van der Waals surface area contributed by atoms with E-state index in [9.17, 15) is 0 Å². The molecule has 2 aromatic heterocycles. The molecule has 0 atom stereocenters. The Hall–Kier alpha value is -5.71. The van der Waals surface area contributed by atoms with Crippen LogP contribution in [0, 0.1) is 0 Å². The molecule has 0 spiro atoms. The first-order valence-corrected chi connectivity index (χ1v) is 15.8. The van der Waals surface area contributed by atoms with Gasteiger partial charge in [0, 0.05) is 36.9 Å². The van der Waals surface area contributed by atoms with E-state index in [1.807, 2.05) is 18.2 Å². The molecule has 2 heterocycles. The normalized spacial score (nSPS) is 11.6. The first kappa shape index (κ1) is 25.8. The molecule has 9 rings (SSSR count). The van der Waals surface area contributed by atoms with E-state index in [-0.39, 0.29) is 0 Å². The molecule has 0 aliphatic heterocycles. The molecule has 4 heteroatoms. The van der Waals surface area contributed by atoms with Gasteiger partial charge in [0.2, 0.25) is 0 Å². The summed E-state index contributed by atoms with van der Waals surface area (Å²) in [6.45, 7) is 0. The Labute approximate surface area is 264 Å². The minimum absolute atomic E-state index is 0.661. The van der Waals surface area contributed by atoms with E-state index < -0.39 is 0 Å². The summed E-state index contributed by atoms with van der Waals surface area (Å²) in [4.78, 5) is 15.2. The first-order chi connectivity index (χ1) is 22.3. The van der Waals surface area contributed by atoms with Crippen LogP contribution in [0.4, 0.5) is 0 Å². The van der Waals surface area contributed by atoms with Crippen LogP contribution in [0.25, 0.3) is 87.0 Å². The largest absolute Gasteiger partial charge is 0.208 e. The summed E-state index contributed by atoms with van der Waals surface area (Å²) in [6.07, 6.45) is 0. The van der Waals surface area contributed by atoms with Crippen molar-refractivity contribution in [2.75, 3.05) is 0 Å². The first-order valence-electron chi connectivity index (χ1n) is 15.0. The fraction of sp³-hybridized carbons (Fsp3) is 0. The van der Waals surface area contributed by atoms with Crippen LogP contribution >= 0.6 is 11.3 Å². The quantitative estimate of drug-likeness (QED) is 0.204. The van der Waals surface area contributed by atoms with Gasteiger partial charge in [-0.05, 0) is 56.9 Å². The summed E-state index contributed by atoms with van der Waals surface area (Å²) in [6, 6.07) is 53.4. The van der Waals surface area contributed by atoms with Crippen LogP contribution in [-0.4, -0.2) is 15.0 Å². The lowest BCUT2D eigenvalue weighted by Crippen LogP contribution is -2.00. The van der Waals surface area contributed by atoms with Crippen molar-refractivity contribution in [1.29, 1.82) is 0 Å². The number of nitrogens with zero attached hydrogens (tertiary/aromatic N) is 3. The van der Waals surface area contributed by atoms with Crippen molar-refractivity contribution < 1.29 is 0 Å². The van der Waals surface area contributed by atoms with Gasteiger partial charge >= 0.3 is 0 Å². The van der Waals surface area contributed by atoms with E-state index in [0.29, 0.717) is 17.5 Å².